The number of hydrogen-bond acceptors (Lipinski definition) is 3. The molecule has 2 aromatic rings. The molecule has 1 aromatic carbocycles. The standard InChI is InChI=1S/C16H24N2S/c1-2-3-4-5-6-7-8-16-18-14-10-9-13(12-17)11-15(14)19-16/h9-11H,2-8,12,17H2,1H3. The molecule has 0 spiro atoms. The Morgan fingerprint density at radius 2 is 1.89 bits per heavy atom. The maximum atomic E-state index is 5.67. The van der Waals surface area contributed by atoms with Crippen molar-refractivity contribution in [1.29, 1.82) is 0 Å². The van der Waals surface area contributed by atoms with E-state index in [1.54, 1.807) is 0 Å². The van der Waals surface area contributed by atoms with Crippen LogP contribution in [0.4, 0.5) is 0 Å². The predicted molar refractivity (Wildman–Crippen MR) is 84.6 cm³/mol. The summed E-state index contributed by atoms with van der Waals surface area (Å²) in [4.78, 5) is 4.70. The van der Waals surface area contributed by atoms with Crippen LogP contribution in [0, 0.1) is 0 Å². The number of unbranched alkanes of at least 4 members (excludes halogenated alkanes) is 5. The molecule has 1 aromatic heterocycles. The van der Waals surface area contributed by atoms with Crippen molar-refractivity contribution >= 4 is 21.6 Å². The van der Waals surface area contributed by atoms with Crippen LogP contribution in [-0.4, -0.2) is 4.98 Å². The second-order valence-electron chi connectivity index (χ2n) is 5.13. The van der Waals surface area contributed by atoms with E-state index >= 15 is 0 Å². The van der Waals surface area contributed by atoms with Gasteiger partial charge >= 0.3 is 0 Å². The summed E-state index contributed by atoms with van der Waals surface area (Å²) in [5.74, 6) is 0. The summed E-state index contributed by atoms with van der Waals surface area (Å²) in [5, 5.41) is 1.28. The van der Waals surface area contributed by atoms with Crippen LogP contribution < -0.4 is 5.73 Å². The molecule has 0 amide bonds. The molecular weight excluding hydrogens is 252 g/mol. The number of benzene rings is 1. The van der Waals surface area contributed by atoms with Gasteiger partial charge < -0.3 is 5.73 Å². The lowest BCUT2D eigenvalue weighted by molar-refractivity contribution is 0.607. The van der Waals surface area contributed by atoms with Gasteiger partial charge in [-0.25, -0.2) is 4.98 Å². The molecule has 0 saturated heterocycles. The SMILES string of the molecule is CCCCCCCCc1nc2ccc(CN)cc2s1. The van der Waals surface area contributed by atoms with Gasteiger partial charge in [0.2, 0.25) is 0 Å². The topological polar surface area (TPSA) is 38.9 Å². The van der Waals surface area contributed by atoms with Crippen molar-refractivity contribution in [3.8, 4) is 0 Å². The highest BCUT2D eigenvalue weighted by Gasteiger charge is 2.04. The van der Waals surface area contributed by atoms with E-state index in [2.05, 4.69) is 25.1 Å². The minimum atomic E-state index is 0.612. The maximum Gasteiger partial charge on any atom is 0.0938 e. The smallest absolute Gasteiger partial charge is 0.0938 e. The van der Waals surface area contributed by atoms with E-state index in [1.807, 2.05) is 11.3 Å². The minimum absolute atomic E-state index is 0.612. The molecule has 0 aliphatic carbocycles. The predicted octanol–water partition coefficient (Wildman–Crippen LogP) is 4.66. The maximum absolute atomic E-state index is 5.67. The molecule has 104 valence electrons. The van der Waals surface area contributed by atoms with Gasteiger partial charge in [-0.2, -0.15) is 0 Å². The fourth-order valence-electron chi connectivity index (χ4n) is 2.31. The molecule has 1 heterocycles. The zero-order valence-electron chi connectivity index (χ0n) is 11.8. The Labute approximate surface area is 120 Å². The molecule has 0 unspecified atom stereocenters. The van der Waals surface area contributed by atoms with Crippen LogP contribution in [0.1, 0.15) is 56.0 Å². The first-order valence-electron chi connectivity index (χ1n) is 7.42. The van der Waals surface area contributed by atoms with E-state index < -0.39 is 0 Å². The van der Waals surface area contributed by atoms with Gasteiger partial charge in [-0.05, 0) is 30.5 Å². The summed E-state index contributed by atoms with van der Waals surface area (Å²) in [6.45, 7) is 2.87. The van der Waals surface area contributed by atoms with E-state index in [0.717, 1.165) is 11.9 Å². The molecule has 0 atom stereocenters. The monoisotopic (exact) mass is 276 g/mol. The van der Waals surface area contributed by atoms with Gasteiger partial charge in [0.15, 0.2) is 0 Å². The average Bonchev–Trinajstić information content (AvgIpc) is 2.84. The molecule has 0 aliphatic heterocycles. The molecular formula is C16H24N2S. The molecule has 0 saturated carbocycles. The summed E-state index contributed by atoms with van der Waals surface area (Å²) in [6, 6.07) is 6.35. The second kappa shape index (κ2) is 7.61. The average molecular weight is 276 g/mol. The van der Waals surface area contributed by atoms with Crippen molar-refractivity contribution < 1.29 is 0 Å². The molecule has 2 rings (SSSR count). The van der Waals surface area contributed by atoms with Gasteiger partial charge in [0, 0.05) is 6.54 Å². The van der Waals surface area contributed by atoms with Crippen molar-refractivity contribution in [2.24, 2.45) is 5.73 Å². The van der Waals surface area contributed by atoms with Crippen molar-refractivity contribution in [2.45, 2.75) is 58.4 Å². The first kappa shape index (κ1) is 14.5. The molecule has 3 heteroatoms. The minimum Gasteiger partial charge on any atom is -0.326 e. The van der Waals surface area contributed by atoms with Crippen LogP contribution in [0.5, 0.6) is 0 Å². The van der Waals surface area contributed by atoms with Gasteiger partial charge in [0.25, 0.3) is 0 Å². The van der Waals surface area contributed by atoms with Crippen molar-refractivity contribution in [1.82, 2.24) is 4.98 Å². The zero-order chi connectivity index (χ0) is 13.5. The van der Waals surface area contributed by atoms with Gasteiger partial charge in [-0.15, -0.1) is 11.3 Å². The number of nitrogens with zero attached hydrogens (tertiary/aromatic N) is 1. The summed E-state index contributed by atoms with van der Waals surface area (Å²) in [7, 11) is 0. The highest BCUT2D eigenvalue weighted by Crippen LogP contribution is 2.24. The third kappa shape index (κ3) is 4.29. The Kier molecular flexibility index (Phi) is 5.80. The molecule has 2 nitrogen and oxygen atoms in total. The molecule has 0 aliphatic rings. The third-order valence-electron chi connectivity index (χ3n) is 3.48. The number of rotatable bonds is 8. The fourth-order valence-corrected chi connectivity index (χ4v) is 3.38. The largest absolute Gasteiger partial charge is 0.326 e. The van der Waals surface area contributed by atoms with E-state index in [9.17, 15) is 0 Å². The van der Waals surface area contributed by atoms with E-state index in [4.69, 9.17) is 10.7 Å². The molecule has 0 bridgehead atoms. The number of fused-ring (bicyclic) bond motifs is 1. The van der Waals surface area contributed by atoms with Crippen molar-refractivity contribution in [2.75, 3.05) is 0 Å². The molecule has 2 N–H and O–H groups in total. The highest BCUT2D eigenvalue weighted by molar-refractivity contribution is 7.18. The summed E-state index contributed by atoms with van der Waals surface area (Å²) < 4.78 is 1.28. The Morgan fingerprint density at radius 1 is 1.11 bits per heavy atom. The number of hydrogen-bond donors (Lipinski definition) is 1. The number of aromatic nitrogens is 1. The third-order valence-corrected chi connectivity index (χ3v) is 4.55. The Balaban J connectivity index is 1.84. The highest BCUT2D eigenvalue weighted by atomic mass is 32.1. The Bertz CT molecular complexity index is 504. The first-order chi connectivity index (χ1) is 9.33. The van der Waals surface area contributed by atoms with E-state index in [0.29, 0.717) is 6.54 Å². The first-order valence-corrected chi connectivity index (χ1v) is 8.23. The lowest BCUT2D eigenvalue weighted by atomic mass is 10.1. The fraction of sp³-hybridized carbons (Fsp3) is 0.562. The summed E-state index contributed by atoms with van der Waals surface area (Å²) in [6.07, 6.45) is 9.19. The number of aryl methyl sites for hydroxylation is 1. The quantitative estimate of drug-likeness (QED) is 0.712. The van der Waals surface area contributed by atoms with Gasteiger partial charge in [-0.3, -0.25) is 0 Å². The van der Waals surface area contributed by atoms with Crippen LogP contribution in [0.15, 0.2) is 18.2 Å². The van der Waals surface area contributed by atoms with E-state index in [-0.39, 0.29) is 0 Å². The summed E-state index contributed by atoms with van der Waals surface area (Å²) >= 11 is 1.83. The van der Waals surface area contributed by atoms with Crippen molar-refractivity contribution in [3.63, 3.8) is 0 Å². The van der Waals surface area contributed by atoms with Crippen LogP contribution in [0.25, 0.3) is 10.2 Å². The Hall–Kier alpha value is -0.930. The van der Waals surface area contributed by atoms with Crippen LogP contribution in [0.3, 0.4) is 0 Å². The molecule has 19 heavy (non-hydrogen) atoms. The summed E-state index contributed by atoms with van der Waals surface area (Å²) in [5.41, 5.74) is 7.99. The lowest BCUT2D eigenvalue weighted by Crippen LogP contribution is -1.94. The number of nitrogens with two attached hydrogens (primary N) is 1. The van der Waals surface area contributed by atoms with Gasteiger partial charge in [0.05, 0.1) is 15.2 Å². The van der Waals surface area contributed by atoms with Crippen LogP contribution in [0.2, 0.25) is 0 Å². The van der Waals surface area contributed by atoms with Gasteiger partial charge in [-0.1, -0.05) is 45.1 Å². The second-order valence-corrected chi connectivity index (χ2v) is 6.25. The van der Waals surface area contributed by atoms with Crippen molar-refractivity contribution in [3.05, 3.63) is 28.8 Å². The van der Waals surface area contributed by atoms with Crippen LogP contribution in [-0.2, 0) is 13.0 Å². The normalized spacial score (nSPS) is 11.3. The molecule has 0 fully saturated rings. The van der Waals surface area contributed by atoms with Crippen LogP contribution >= 0.6 is 11.3 Å². The number of thiazole rings is 1. The zero-order valence-corrected chi connectivity index (χ0v) is 12.6. The Morgan fingerprint density at radius 3 is 2.68 bits per heavy atom. The van der Waals surface area contributed by atoms with Gasteiger partial charge in [0.1, 0.15) is 0 Å². The van der Waals surface area contributed by atoms with E-state index in [1.165, 1.54) is 53.8 Å². The lowest BCUT2D eigenvalue weighted by Gasteiger charge is -1.98. The molecule has 0 radical (unpaired) electrons.